The van der Waals surface area contributed by atoms with Crippen molar-refractivity contribution in [2.45, 2.75) is 30.7 Å². The molecule has 6 rings (SSSR count). The molecule has 2 aliphatic heterocycles. The molecule has 1 saturated heterocycles. The van der Waals surface area contributed by atoms with Crippen LogP contribution in [0.4, 0.5) is 14.9 Å². The van der Waals surface area contributed by atoms with Gasteiger partial charge in [-0.05, 0) is 48.2 Å². The SMILES string of the molecule is COc1ccc2c3c([nH]c2c1)[C@@H](CO)N(C(=O)Cc1ccccc1)CC31CCN(C(=O)Nc2ccccc2F)CC1. The number of urea groups is 1. The molecule has 3 heterocycles. The number of halogens is 1. The van der Waals surface area contributed by atoms with E-state index in [2.05, 4.69) is 10.3 Å². The number of aromatic amines is 1. The number of carbonyl (C=O) groups excluding carboxylic acids is 2. The first kappa shape index (κ1) is 26.8. The average Bonchev–Trinajstić information content (AvgIpc) is 3.39. The van der Waals surface area contributed by atoms with Crippen LogP contribution in [0.1, 0.15) is 35.7 Å². The Kier molecular flexibility index (Phi) is 7.13. The highest BCUT2D eigenvalue weighted by Gasteiger charge is 2.49. The molecule has 1 atom stereocenters. The molecule has 0 aliphatic carbocycles. The van der Waals surface area contributed by atoms with Crippen molar-refractivity contribution >= 4 is 28.5 Å². The second kappa shape index (κ2) is 10.9. The second-order valence-electron chi connectivity index (χ2n) is 10.9. The largest absolute Gasteiger partial charge is 0.497 e. The molecule has 8 nitrogen and oxygen atoms in total. The van der Waals surface area contributed by atoms with E-state index in [-0.39, 0.29) is 30.7 Å². The van der Waals surface area contributed by atoms with Crippen LogP contribution in [0.2, 0.25) is 0 Å². The van der Waals surface area contributed by atoms with Crippen LogP contribution in [0, 0.1) is 5.82 Å². The Morgan fingerprint density at radius 2 is 1.80 bits per heavy atom. The van der Waals surface area contributed by atoms with E-state index >= 15 is 0 Å². The Bertz CT molecular complexity index is 1580. The molecular formula is C32H33FN4O4. The predicted molar refractivity (Wildman–Crippen MR) is 154 cm³/mol. The molecule has 2 aliphatic rings. The number of aliphatic hydroxyl groups excluding tert-OH is 1. The van der Waals surface area contributed by atoms with Crippen LogP contribution < -0.4 is 10.1 Å². The van der Waals surface area contributed by atoms with Gasteiger partial charge < -0.3 is 29.9 Å². The zero-order valence-electron chi connectivity index (χ0n) is 22.9. The zero-order chi connectivity index (χ0) is 28.6. The maximum atomic E-state index is 14.2. The third-order valence-corrected chi connectivity index (χ3v) is 8.56. The first-order valence-corrected chi connectivity index (χ1v) is 13.9. The van der Waals surface area contributed by atoms with Crippen molar-refractivity contribution in [1.29, 1.82) is 0 Å². The summed E-state index contributed by atoms with van der Waals surface area (Å²) in [6, 6.07) is 20.7. The summed E-state index contributed by atoms with van der Waals surface area (Å²) in [6.45, 7) is 1.09. The van der Waals surface area contributed by atoms with Gasteiger partial charge in [0, 0.05) is 47.7 Å². The smallest absolute Gasteiger partial charge is 0.321 e. The molecule has 3 aromatic carbocycles. The lowest BCUT2D eigenvalue weighted by Crippen LogP contribution is -2.56. The first-order valence-electron chi connectivity index (χ1n) is 13.9. The molecule has 3 N–H and O–H groups in total. The molecule has 1 spiro atoms. The number of para-hydroxylation sites is 1. The number of hydrogen-bond acceptors (Lipinski definition) is 4. The molecule has 41 heavy (non-hydrogen) atoms. The summed E-state index contributed by atoms with van der Waals surface area (Å²) >= 11 is 0. The summed E-state index contributed by atoms with van der Waals surface area (Å²) in [5, 5.41) is 14.3. The van der Waals surface area contributed by atoms with E-state index in [0.29, 0.717) is 38.2 Å². The average molecular weight is 557 g/mol. The number of aromatic nitrogens is 1. The lowest BCUT2D eigenvalue weighted by atomic mass is 9.68. The predicted octanol–water partition coefficient (Wildman–Crippen LogP) is 5.00. The highest BCUT2D eigenvalue weighted by Crippen LogP contribution is 2.49. The minimum atomic E-state index is -0.521. The van der Waals surface area contributed by atoms with Crippen LogP contribution in [0.25, 0.3) is 10.9 Å². The molecular weight excluding hydrogens is 523 g/mol. The number of piperidine rings is 1. The van der Waals surface area contributed by atoms with E-state index < -0.39 is 17.3 Å². The number of likely N-dealkylation sites (tertiary alicyclic amines) is 1. The summed E-state index contributed by atoms with van der Waals surface area (Å²) in [7, 11) is 1.62. The number of ether oxygens (including phenoxy) is 1. The van der Waals surface area contributed by atoms with Gasteiger partial charge in [0.05, 0.1) is 31.9 Å². The number of amides is 3. The fraction of sp³-hybridized carbons (Fsp3) is 0.312. The molecule has 0 unspecified atom stereocenters. The normalized spacial score (nSPS) is 17.9. The number of carbonyl (C=O) groups is 2. The third kappa shape index (κ3) is 4.91. The maximum absolute atomic E-state index is 14.2. The number of aliphatic hydroxyl groups is 1. The van der Waals surface area contributed by atoms with E-state index in [1.807, 2.05) is 48.5 Å². The number of hydrogen-bond donors (Lipinski definition) is 3. The summed E-state index contributed by atoms with van der Waals surface area (Å²) in [6.07, 6.45) is 1.45. The maximum Gasteiger partial charge on any atom is 0.321 e. The summed E-state index contributed by atoms with van der Waals surface area (Å²) in [5.41, 5.74) is 3.42. The van der Waals surface area contributed by atoms with Crippen molar-refractivity contribution in [1.82, 2.24) is 14.8 Å². The summed E-state index contributed by atoms with van der Waals surface area (Å²) in [4.78, 5) is 33.9. The van der Waals surface area contributed by atoms with Crippen molar-refractivity contribution in [2.75, 3.05) is 38.7 Å². The number of fused-ring (bicyclic) bond motifs is 4. The second-order valence-corrected chi connectivity index (χ2v) is 10.9. The Morgan fingerprint density at radius 1 is 1.07 bits per heavy atom. The molecule has 0 bridgehead atoms. The Hall–Kier alpha value is -4.37. The fourth-order valence-electron chi connectivity index (χ4n) is 6.44. The van der Waals surface area contributed by atoms with Crippen molar-refractivity contribution in [3.8, 4) is 5.75 Å². The Balaban J connectivity index is 1.34. The van der Waals surface area contributed by atoms with Gasteiger partial charge in [-0.25, -0.2) is 9.18 Å². The fourth-order valence-corrected chi connectivity index (χ4v) is 6.44. The minimum Gasteiger partial charge on any atom is -0.497 e. The highest BCUT2D eigenvalue weighted by molar-refractivity contribution is 5.91. The van der Waals surface area contributed by atoms with Gasteiger partial charge in [0.15, 0.2) is 0 Å². The van der Waals surface area contributed by atoms with Gasteiger partial charge >= 0.3 is 6.03 Å². The number of H-pyrrole nitrogens is 1. The third-order valence-electron chi connectivity index (χ3n) is 8.56. The van der Waals surface area contributed by atoms with E-state index in [1.165, 1.54) is 12.1 Å². The van der Waals surface area contributed by atoms with Crippen LogP contribution in [0.5, 0.6) is 5.75 Å². The lowest BCUT2D eigenvalue weighted by molar-refractivity contribution is -0.136. The molecule has 3 amide bonds. The molecule has 4 aromatic rings. The number of nitrogens with one attached hydrogen (secondary N) is 2. The molecule has 0 saturated carbocycles. The molecule has 0 radical (unpaired) electrons. The van der Waals surface area contributed by atoms with Gasteiger partial charge in [-0.1, -0.05) is 42.5 Å². The number of benzene rings is 3. The van der Waals surface area contributed by atoms with Crippen LogP contribution in [0.3, 0.4) is 0 Å². The highest BCUT2D eigenvalue weighted by atomic mass is 19.1. The van der Waals surface area contributed by atoms with Crippen molar-refractivity contribution < 1.29 is 23.8 Å². The van der Waals surface area contributed by atoms with Gasteiger partial charge in [0.1, 0.15) is 11.6 Å². The molecule has 9 heteroatoms. The summed E-state index contributed by atoms with van der Waals surface area (Å²) in [5.74, 6) is 0.168. The van der Waals surface area contributed by atoms with E-state index in [0.717, 1.165) is 27.7 Å². The molecule has 1 fully saturated rings. The van der Waals surface area contributed by atoms with Gasteiger partial charge in [-0.2, -0.15) is 0 Å². The number of methoxy groups -OCH3 is 1. The van der Waals surface area contributed by atoms with Gasteiger partial charge in [-0.15, -0.1) is 0 Å². The number of anilines is 1. The van der Waals surface area contributed by atoms with Crippen LogP contribution in [-0.4, -0.2) is 65.2 Å². The lowest BCUT2D eigenvalue weighted by Gasteiger charge is -2.50. The molecule has 212 valence electrons. The molecule has 1 aromatic heterocycles. The Labute approximate surface area is 237 Å². The van der Waals surface area contributed by atoms with Gasteiger partial charge in [0.2, 0.25) is 5.91 Å². The van der Waals surface area contributed by atoms with E-state index in [1.54, 1.807) is 29.0 Å². The van der Waals surface area contributed by atoms with Crippen molar-refractivity contribution in [2.24, 2.45) is 0 Å². The van der Waals surface area contributed by atoms with Gasteiger partial charge in [0.25, 0.3) is 0 Å². The number of nitrogens with zero attached hydrogens (tertiary/aromatic N) is 2. The topological polar surface area (TPSA) is 97.9 Å². The Morgan fingerprint density at radius 3 is 2.51 bits per heavy atom. The van der Waals surface area contributed by atoms with Crippen LogP contribution in [0.15, 0.2) is 72.8 Å². The number of rotatable bonds is 5. The van der Waals surface area contributed by atoms with Gasteiger partial charge in [-0.3, -0.25) is 4.79 Å². The van der Waals surface area contributed by atoms with Crippen LogP contribution in [-0.2, 0) is 16.6 Å². The van der Waals surface area contributed by atoms with Crippen molar-refractivity contribution in [3.05, 3.63) is 95.4 Å². The minimum absolute atomic E-state index is 0.0590. The van der Waals surface area contributed by atoms with E-state index in [9.17, 15) is 19.1 Å². The quantitative estimate of drug-likeness (QED) is 0.322. The standard InChI is InChI=1S/C32H33FN4O4/c1-41-22-11-12-23-26(18-22)34-30-27(19-38)37(28(39)17-21-7-3-2-4-8-21)20-32(29(23)30)13-15-36(16-14-32)31(40)35-25-10-6-5-9-24(25)33/h2-12,18,27,34,38H,13-17,19-20H2,1H3,(H,35,40)/t27-/m1/s1. The van der Waals surface area contributed by atoms with Crippen LogP contribution >= 0.6 is 0 Å². The monoisotopic (exact) mass is 556 g/mol. The summed E-state index contributed by atoms with van der Waals surface area (Å²) < 4.78 is 19.6. The first-order chi connectivity index (χ1) is 19.9. The van der Waals surface area contributed by atoms with Crippen molar-refractivity contribution in [3.63, 3.8) is 0 Å². The van der Waals surface area contributed by atoms with E-state index in [4.69, 9.17) is 4.74 Å². The zero-order valence-corrected chi connectivity index (χ0v) is 22.9.